The van der Waals surface area contributed by atoms with Crippen LogP contribution in [-0.4, -0.2) is 17.4 Å². The molecule has 1 rings (SSSR count). The van der Waals surface area contributed by atoms with E-state index in [9.17, 15) is 9.59 Å². The Morgan fingerprint density at radius 1 is 1.53 bits per heavy atom. The Kier molecular flexibility index (Phi) is 3.53. The van der Waals surface area contributed by atoms with Crippen molar-refractivity contribution < 1.29 is 14.3 Å². The zero-order chi connectivity index (χ0) is 11.6. The molecule has 1 saturated carbocycles. The largest absolute Gasteiger partial charge is 0.451 e. The third-order valence-corrected chi connectivity index (χ3v) is 3.27. The van der Waals surface area contributed by atoms with Crippen LogP contribution in [0.3, 0.4) is 0 Å². The summed E-state index contributed by atoms with van der Waals surface area (Å²) in [5.41, 5.74) is -0.849. The molecule has 3 nitrogen and oxygen atoms in total. The van der Waals surface area contributed by atoms with Crippen molar-refractivity contribution in [3.63, 3.8) is 0 Å². The minimum atomic E-state index is -0.849. The standard InChI is InChI=1S/C12H20O3/c1-8(2)12(15-10(4)13)6-5-9(3)7-11(12)14/h8-9H,5-7H2,1-4H3/t9-,12+/m0/s1. The number of carbonyl (C=O) groups is 2. The van der Waals surface area contributed by atoms with Gasteiger partial charge in [0.1, 0.15) is 0 Å². The molecular weight excluding hydrogens is 192 g/mol. The molecule has 0 aromatic rings. The van der Waals surface area contributed by atoms with Gasteiger partial charge in [0.15, 0.2) is 11.4 Å². The van der Waals surface area contributed by atoms with Gasteiger partial charge in [-0.3, -0.25) is 9.59 Å². The van der Waals surface area contributed by atoms with E-state index < -0.39 is 5.60 Å². The van der Waals surface area contributed by atoms with Crippen LogP contribution >= 0.6 is 0 Å². The molecule has 0 N–H and O–H groups in total. The normalized spacial score (nSPS) is 31.8. The topological polar surface area (TPSA) is 43.4 Å². The number of hydrogen-bond acceptors (Lipinski definition) is 3. The number of rotatable bonds is 2. The van der Waals surface area contributed by atoms with Gasteiger partial charge in [0.25, 0.3) is 0 Å². The molecule has 15 heavy (non-hydrogen) atoms. The van der Waals surface area contributed by atoms with Gasteiger partial charge < -0.3 is 4.74 Å². The van der Waals surface area contributed by atoms with Crippen LogP contribution in [0.25, 0.3) is 0 Å². The quantitative estimate of drug-likeness (QED) is 0.660. The maximum absolute atomic E-state index is 12.0. The van der Waals surface area contributed by atoms with Gasteiger partial charge in [-0.25, -0.2) is 0 Å². The molecule has 0 aromatic heterocycles. The molecule has 0 aliphatic heterocycles. The van der Waals surface area contributed by atoms with Crippen molar-refractivity contribution >= 4 is 11.8 Å². The van der Waals surface area contributed by atoms with Gasteiger partial charge in [-0.05, 0) is 18.8 Å². The number of carbonyl (C=O) groups excluding carboxylic acids is 2. The van der Waals surface area contributed by atoms with Crippen LogP contribution in [0.15, 0.2) is 0 Å². The summed E-state index contributed by atoms with van der Waals surface area (Å²) in [5, 5.41) is 0. The molecule has 0 spiro atoms. The maximum atomic E-state index is 12.0. The van der Waals surface area contributed by atoms with E-state index in [1.807, 2.05) is 13.8 Å². The first-order valence-electron chi connectivity index (χ1n) is 5.61. The number of esters is 1. The number of hydrogen-bond donors (Lipinski definition) is 0. The summed E-state index contributed by atoms with van der Waals surface area (Å²) < 4.78 is 5.31. The van der Waals surface area contributed by atoms with Gasteiger partial charge in [0.2, 0.25) is 0 Å². The third kappa shape index (κ3) is 2.39. The van der Waals surface area contributed by atoms with Gasteiger partial charge in [0, 0.05) is 19.3 Å². The predicted octanol–water partition coefficient (Wildman–Crippen LogP) is 2.33. The highest BCUT2D eigenvalue weighted by molar-refractivity contribution is 5.90. The van der Waals surface area contributed by atoms with E-state index in [2.05, 4.69) is 6.92 Å². The molecule has 0 radical (unpaired) electrons. The zero-order valence-electron chi connectivity index (χ0n) is 10.0. The second kappa shape index (κ2) is 4.33. The molecule has 0 bridgehead atoms. The summed E-state index contributed by atoms with van der Waals surface area (Å²) in [6, 6.07) is 0. The fourth-order valence-electron chi connectivity index (χ4n) is 2.28. The second-order valence-corrected chi connectivity index (χ2v) is 4.91. The molecule has 1 aliphatic rings. The number of ether oxygens (including phenoxy) is 1. The van der Waals surface area contributed by atoms with Crippen molar-refractivity contribution in [2.45, 2.75) is 52.6 Å². The van der Waals surface area contributed by atoms with Crippen LogP contribution in [0.2, 0.25) is 0 Å². The van der Waals surface area contributed by atoms with Crippen LogP contribution in [0.4, 0.5) is 0 Å². The van der Waals surface area contributed by atoms with Gasteiger partial charge >= 0.3 is 5.97 Å². The molecule has 0 saturated heterocycles. The Hall–Kier alpha value is -0.860. The minimum Gasteiger partial charge on any atom is -0.451 e. The van der Waals surface area contributed by atoms with E-state index in [1.54, 1.807) is 0 Å². The van der Waals surface area contributed by atoms with Gasteiger partial charge in [0.05, 0.1) is 0 Å². The molecule has 2 atom stereocenters. The summed E-state index contributed by atoms with van der Waals surface area (Å²) >= 11 is 0. The highest BCUT2D eigenvalue weighted by atomic mass is 16.6. The Morgan fingerprint density at radius 2 is 2.13 bits per heavy atom. The lowest BCUT2D eigenvalue weighted by atomic mass is 9.72. The van der Waals surface area contributed by atoms with Crippen LogP contribution in [0.1, 0.15) is 47.0 Å². The predicted molar refractivity (Wildman–Crippen MR) is 57.4 cm³/mol. The highest BCUT2D eigenvalue weighted by Crippen LogP contribution is 2.37. The Bertz CT molecular complexity index is 270. The van der Waals surface area contributed by atoms with Crippen molar-refractivity contribution in [1.82, 2.24) is 0 Å². The van der Waals surface area contributed by atoms with E-state index >= 15 is 0 Å². The summed E-state index contributed by atoms with van der Waals surface area (Å²) in [6.07, 6.45) is 2.16. The van der Waals surface area contributed by atoms with Gasteiger partial charge in [-0.1, -0.05) is 20.8 Å². The zero-order valence-corrected chi connectivity index (χ0v) is 10.0. The molecule has 0 amide bonds. The van der Waals surface area contributed by atoms with Crippen molar-refractivity contribution in [3.05, 3.63) is 0 Å². The van der Waals surface area contributed by atoms with E-state index in [0.717, 1.165) is 6.42 Å². The lowest BCUT2D eigenvalue weighted by Crippen LogP contribution is -2.50. The fraction of sp³-hybridized carbons (Fsp3) is 0.833. The van der Waals surface area contributed by atoms with Gasteiger partial charge in [-0.2, -0.15) is 0 Å². The lowest BCUT2D eigenvalue weighted by molar-refractivity contribution is -0.175. The molecule has 0 aromatic carbocycles. The van der Waals surface area contributed by atoms with Crippen molar-refractivity contribution in [2.24, 2.45) is 11.8 Å². The van der Waals surface area contributed by atoms with E-state index in [-0.39, 0.29) is 17.7 Å². The van der Waals surface area contributed by atoms with Crippen LogP contribution in [0, 0.1) is 11.8 Å². The van der Waals surface area contributed by atoms with Crippen LogP contribution < -0.4 is 0 Å². The Morgan fingerprint density at radius 3 is 2.53 bits per heavy atom. The average molecular weight is 212 g/mol. The molecule has 0 heterocycles. The van der Waals surface area contributed by atoms with Crippen molar-refractivity contribution in [2.75, 3.05) is 0 Å². The molecule has 1 fully saturated rings. The molecular formula is C12H20O3. The first kappa shape index (κ1) is 12.2. The van der Waals surface area contributed by atoms with Crippen molar-refractivity contribution in [3.8, 4) is 0 Å². The molecule has 86 valence electrons. The monoisotopic (exact) mass is 212 g/mol. The molecule has 0 unspecified atom stereocenters. The summed E-state index contributed by atoms with van der Waals surface area (Å²) in [4.78, 5) is 23.1. The fourth-order valence-corrected chi connectivity index (χ4v) is 2.28. The third-order valence-electron chi connectivity index (χ3n) is 3.27. The molecule has 3 heteroatoms. The second-order valence-electron chi connectivity index (χ2n) is 4.91. The van der Waals surface area contributed by atoms with Crippen molar-refractivity contribution in [1.29, 1.82) is 0 Å². The average Bonchev–Trinajstić information content (AvgIpc) is 2.09. The number of ketones is 1. The van der Waals surface area contributed by atoms with E-state index in [0.29, 0.717) is 18.8 Å². The summed E-state index contributed by atoms with van der Waals surface area (Å²) in [7, 11) is 0. The summed E-state index contributed by atoms with van der Waals surface area (Å²) in [6.45, 7) is 7.32. The highest BCUT2D eigenvalue weighted by Gasteiger charge is 2.47. The first-order chi connectivity index (χ1) is 6.88. The van der Waals surface area contributed by atoms with Crippen LogP contribution in [-0.2, 0) is 14.3 Å². The smallest absolute Gasteiger partial charge is 0.303 e. The first-order valence-corrected chi connectivity index (χ1v) is 5.61. The SMILES string of the molecule is CC(=O)O[C@@]1(C(C)C)CC[C@H](C)CC1=O. The van der Waals surface area contributed by atoms with Gasteiger partial charge in [-0.15, -0.1) is 0 Å². The van der Waals surface area contributed by atoms with E-state index in [4.69, 9.17) is 4.74 Å². The number of Topliss-reactive ketones (excluding diaryl/α,β-unsaturated/α-hetero) is 1. The maximum Gasteiger partial charge on any atom is 0.303 e. The van der Waals surface area contributed by atoms with Crippen LogP contribution in [0.5, 0.6) is 0 Å². The molecule has 1 aliphatic carbocycles. The van der Waals surface area contributed by atoms with E-state index in [1.165, 1.54) is 6.92 Å². The lowest BCUT2D eigenvalue weighted by Gasteiger charge is -2.40. The Balaban J connectivity index is 2.90. The summed E-state index contributed by atoms with van der Waals surface area (Å²) in [5.74, 6) is 0.208. The Labute approximate surface area is 91.2 Å². The minimum absolute atomic E-state index is 0.0569.